The van der Waals surface area contributed by atoms with E-state index in [1.54, 1.807) is 11.4 Å². The number of nitrogens with zero attached hydrogens (tertiary/aromatic N) is 1. The first-order valence-corrected chi connectivity index (χ1v) is 10.1. The molecule has 7 heteroatoms. The van der Waals surface area contributed by atoms with Crippen LogP contribution in [0.15, 0.2) is 53.9 Å². The number of aromatic nitrogens is 1. The number of thiazole rings is 1. The smallest absolute Gasteiger partial charge is 0.271 e. The summed E-state index contributed by atoms with van der Waals surface area (Å²) in [7, 11) is 0. The lowest BCUT2D eigenvalue weighted by atomic mass is 10.1. The predicted octanol–water partition coefficient (Wildman–Crippen LogP) is 4.99. The first kappa shape index (κ1) is 20.0. The van der Waals surface area contributed by atoms with Crippen LogP contribution in [0.4, 0.5) is 5.69 Å². The third kappa shape index (κ3) is 5.18. The molecule has 0 saturated carbocycles. The quantitative estimate of drug-likeness (QED) is 0.598. The van der Waals surface area contributed by atoms with Crippen LogP contribution in [0.5, 0.6) is 0 Å². The van der Waals surface area contributed by atoms with E-state index >= 15 is 0 Å². The van der Waals surface area contributed by atoms with Crippen molar-refractivity contribution in [2.24, 2.45) is 5.92 Å². The summed E-state index contributed by atoms with van der Waals surface area (Å²) in [5.74, 6) is -0.337. The molecule has 3 rings (SSSR count). The van der Waals surface area contributed by atoms with E-state index in [0.717, 1.165) is 21.8 Å². The van der Waals surface area contributed by atoms with Crippen LogP contribution in [0.2, 0.25) is 5.02 Å². The monoisotopic (exact) mass is 413 g/mol. The molecule has 0 fully saturated rings. The Balaban J connectivity index is 1.58. The molecule has 0 spiro atoms. The number of hydrogen-bond donors (Lipinski definition) is 2. The minimum absolute atomic E-state index is 0.0277. The summed E-state index contributed by atoms with van der Waals surface area (Å²) >= 11 is 7.41. The van der Waals surface area contributed by atoms with Crippen molar-refractivity contribution in [3.05, 3.63) is 70.2 Å². The first-order valence-electron chi connectivity index (χ1n) is 8.82. The van der Waals surface area contributed by atoms with Gasteiger partial charge in [-0.15, -0.1) is 11.3 Å². The molecule has 0 unspecified atom stereocenters. The second kappa shape index (κ2) is 8.99. The van der Waals surface area contributed by atoms with E-state index in [0.29, 0.717) is 17.3 Å². The number of anilines is 1. The fourth-order valence-electron chi connectivity index (χ4n) is 2.40. The van der Waals surface area contributed by atoms with Crippen molar-refractivity contribution in [3.63, 3.8) is 0 Å². The Labute approximate surface area is 172 Å². The van der Waals surface area contributed by atoms with Crippen LogP contribution >= 0.6 is 22.9 Å². The Bertz CT molecular complexity index is 983. The summed E-state index contributed by atoms with van der Waals surface area (Å²) in [6, 6.07) is 14.8. The van der Waals surface area contributed by atoms with Crippen molar-refractivity contribution in [2.45, 2.75) is 20.4 Å². The highest BCUT2D eigenvalue weighted by Gasteiger charge is 2.12. The van der Waals surface area contributed by atoms with E-state index < -0.39 is 0 Å². The number of benzene rings is 2. The van der Waals surface area contributed by atoms with Crippen LogP contribution in [0.25, 0.3) is 10.6 Å². The van der Waals surface area contributed by atoms with Crippen LogP contribution in [-0.2, 0) is 11.3 Å². The van der Waals surface area contributed by atoms with Gasteiger partial charge >= 0.3 is 0 Å². The highest BCUT2D eigenvalue weighted by atomic mass is 35.5. The van der Waals surface area contributed by atoms with Crippen LogP contribution in [-0.4, -0.2) is 16.8 Å². The van der Waals surface area contributed by atoms with Crippen LogP contribution < -0.4 is 10.6 Å². The second-order valence-corrected chi connectivity index (χ2v) is 7.87. The SMILES string of the molecule is CC(C)C(=O)Nc1ccc(CNC(=O)c2csc(-c3cccc(Cl)c3)n2)cc1. The minimum Gasteiger partial charge on any atom is -0.347 e. The molecule has 0 saturated heterocycles. The van der Waals surface area contributed by atoms with Gasteiger partial charge in [0.05, 0.1) is 0 Å². The second-order valence-electron chi connectivity index (χ2n) is 6.57. The van der Waals surface area contributed by atoms with Gasteiger partial charge in [-0.1, -0.05) is 49.7 Å². The molecule has 28 heavy (non-hydrogen) atoms. The first-order chi connectivity index (χ1) is 13.4. The van der Waals surface area contributed by atoms with Gasteiger partial charge in [-0.05, 0) is 29.8 Å². The maximum Gasteiger partial charge on any atom is 0.271 e. The van der Waals surface area contributed by atoms with Crippen molar-refractivity contribution in [1.29, 1.82) is 0 Å². The zero-order valence-corrected chi connectivity index (χ0v) is 17.1. The van der Waals surface area contributed by atoms with Gasteiger partial charge in [0, 0.05) is 34.1 Å². The molecule has 0 atom stereocenters. The number of amides is 2. The van der Waals surface area contributed by atoms with Crippen molar-refractivity contribution in [3.8, 4) is 10.6 Å². The zero-order chi connectivity index (χ0) is 20.1. The summed E-state index contributed by atoms with van der Waals surface area (Å²) in [6.07, 6.45) is 0. The maximum atomic E-state index is 12.4. The van der Waals surface area contributed by atoms with Gasteiger partial charge in [-0.3, -0.25) is 9.59 Å². The summed E-state index contributed by atoms with van der Waals surface area (Å²) in [6.45, 7) is 4.06. The van der Waals surface area contributed by atoms with Crippen LogP contribution in [0.1, 0.15) is 29.9 Å². The molecule has 0 bridgehead atoms. The summed E-state index contributed by atoms with van der Waals surface area (Å²) in [5.41, 5.74) is 2.93. The number of hydrogen-bond acceptors (Lipinski definition) is 4. The molecule has 3 aromatic rings. The van der Waals surface area contributed by atoms with Gasteiger partial charge < -0.3 is 10.6 Å². The van der Waals surface area contributed by atoms with E-state index in [2.05, 4.69) is 15.6 Å². The number of halogens is 1. The van der Waals surface area contributed by atoms with Gasteiger partial charge in [0.2, 0.25) is 5.91 Å². The average Bonchev–Trinajstić information content (AvgIpc) is 3.17. The van der Waals surface area contributed by atoms with Gasteiger partial charge in [0.15, 0.2) is 0 Å². The average molecular weight is 414 g/mol. The molecule has 0 radical (unpaired) electrons. The number of nitrogens with one attached hydrogen (secondary N) is 2. The topological polar surface area (TPSA) is 71.1 Å². The Morgan fingerprint density at radius 2 is 1.89 bits per heavy atom. The van der Waals surface area contributed by atoms with Gasteiger partial charge in [0.25, 0.3) is 5.91 Å². The van der Waals surface area contributed by atoms with Crippen molar-refractivity contribution >= 4 is 40.4 Å². The molecule has 0 aliphatic heterocycles. The van der Waals surface area contributed by atoms with Crippen LogP contribution in [0.3, 0.4) is 0 Å². The molecular weight excluding hydrogens is 394 g/mol. The van der Waals surface area contributed by atoms with Gasteiger partial charge in [0.1, 0.15) is 10.7 Å². The van der Waals surface area contributed by atoms with Crippen molar-refractivity contribution < 1.29 is 9.59 Å². The number of rotatable bonds is 6. The largest absolute Gasteiger partial charge is 0.347 e. The lowest BCUT2D eigenvalue weighted by molar-refractivity contribution is -0.118. The predicted molar refractivity (Wildman–Crippen MR) is 114 cm³/mol. The van der Waals surface area contributed by atoms with E-state index in [-0.39, 0.29) is 17.7 Å². The van der Waals surface area contributed by atoms with E-state index in [4.69, 9.17) is 11.6 Å². The fraction of sp³-hybridized carbons (Fsp3) is 0.190. The van der Waals surface area contributed by atoms with Crippen molar-refractivity contribution in [1.82, 2.24) is 10.3 Å². The third-order valence-corrected chi connectivity index (χ3v) is 5.13. The number of carbonyl (C=O) groups excluding carboxylic acids is 2. The lowest BCUT2D eigenvalue weighted by Gasteiger charge is -2.09. The molecule has 0 aliphatic carbocycles. The normalized spacial score (nSPS) is 10.7. The van der Waals surface area contributed by atoms with Crippen LogP contribution in [0, 0.1) is 5.92 Å². The third-order valence-electron chi connectivity index (χ3n) is 4.01. The zero-order valence-electron chi connectivity index (χ0n) is 15.5. The van der Waals surface area contributed by atoms with E-state index in [1.807, 2.05) is 56.3 Å². The highest BCUT2D eigenvalue weighted by Crippen LogP contribution is 2.26. The van der Waals surface area contributed by atoms with Crippen molar-refractivity contribution in [2.75, 3.05) is 5.32 Å². The Kier molecular flexibility index (Phi) is 6.44. The molecule has 1 aromatic heterocycles. The fourth-order valence-corrected chi connectivity index (χ4v) is 3.38. The molecule has 2 amide bonds. The number of carbonyl (C=O) groups is 2. The molecule has 144 valence electrons. The maximum absolute atomic E-state index is 12.4. The minimum atomic E-state index is -0.235. The molecule has 0 aliphatic rings. The Morgan fingerprint density at radius 3 is 2.57 bits per heavy atom. The van der Waals surface area contributed by atoms with E-state index in [1.165, 1.54) is 11.3 Å². The van der Waals surface area contributed by atoms with Gasteiger partial charge in [-0.2, -0.15) is 0 Å². The highest BCUT2D eigenvalue weighted by molar-refractivity contribution is 7.13. The standard InChI is InChI=1S/C21H20ClN3O2S/c1-13(2)19(26)24-17-8-6-14(7-9-17)11-23-20(27)18-12-28-21(25-18)15-4-3-5-16(22)10-15/h3-10,12-13H,11H2,1-2H3,(H,23,27)(H,24,26). The Morgan fingerprint density at radius 1 is 1.14 bits per heavy atom. The molecule has 2 aromatic carbocycles. The molecule has 1 heterocycles. The molecular formula is C21H20ClN3O2S. The summed E-state index contributed by atoms with van der Waals surface area (Å²) in [5, 5.41) is 8.81. The van der Waals surface area contributed by atoms with E-state index in [9.17, 15) is 9.59 Å². The molecule has 5 nitrogen and oxygen atoms in total. The lowest BCUT2D eigenvalue weighted by Crippen LogP contribution is -2.23. The summed E-state index contributed by atoms with van der Waals surface area (Å²) in [4.78, 5) is 28.5. The van der Waals surface area contributed by atoms with Gasteiger partial charge in [-0.25, -0.2) is 4.98 Å². The summed E-state index contributed by atoms with van der Waals surface area (Å²) < 4.78 is 0. The Hall–Kier alpha value is -2.70. The molecule has 2 N–H and O–H groups in total.